The Labute approximate surface area is 126 Å². The van der Waals surface area contributed by atoms with Gasteiger partial charge >= 0.3 is 0 Å². The molecule has 0 aliphatic rings. The summed E-state index contributed by atoms with van der Waals surface area (Å²) in [5.41, 5.74) is 1.15. The molecule has 0 heterocycles. The van der Waals surface area contributed by atoms with Crippen molar-refractivity contribution in [2.45, 2.75) is 12.5 Å². The molecule has 0 aliphatic heterocycles. The van der Waals surface area contributed by atoms with E-state index in [1.807, 2.05) is 66.8 Å². The first-order chi connectivity index (χ1) is 10.3. The lowest BCUT2D eigenvalue weighted by molar-refractivity contribution is -0.104. The zero-order valence-corrected chi connectivity index (χ0v) is 11.9. The molecule has 2 heteroatoms. The van der Waals surface area contributed by atoms with Crippen LogP contribution in [-0.4, -0.2) is 17.5 Å². The summed E-state index contributed by atoms with van der Waals surface area (Å²) in [6.07, 6.45) is 18.6. The average molecular weight is 280 g/mol. The molecule has 1 aromatic rings. The fourth-order valence-electron chi connectivity index (χ4n) is 1.54. The number of hydrogen-bond acceptors (Lipinski definition) is 2. The minimum atomic E-state index is -0.520. The molecule has 0 fully saturated rings. The Balaban J connectivity index is 2.28. The molecule has 108 valence electrons. The molecule has 0 bridgehead atoms. The van der Waals surface area contributed by atoms with Gasteiger partial charge in [-0.3, -0.25) is 4.79 Å². The summed E-state index contributed by atoms with van der Waals surface area (Å²) < 4.78 is 0. The average Bonchev–Trinajstić information content (AvgIpc) is 2.51. The van der Waals surface area contributed by atoms with Crippen molar-refractivity contribution in [2.24, 2.45) is 0 Å². The second-order valence-electron chi connectivity index (χ2n) is 4.29. The molecule has 0 aliphatic carbocycles. The molecule has 0 amide bonds. The molecule has 0 saturated carbocycles. The van der Waals surface area contributed by atoms with Gasteiger partial charge in [-0.1, -0.05) is 85.0 Å². The monoisotopic (exact) mass is 280 g/mol. The van der Waals surface area contributed by atoms with Crippen LogP contribution in [-0.2, 0) is 4.79 Å². The second-order valence-corrected chi connectivity index (χ2v) is 4.29. The first-order valence-corrected chi connectivity index (χ1v) is 6.84. The number of carbonyl (C=O) groups excluding carboxylic acids is 1. The number of rotatable bonds is 8. The van der Waals surface area contributed by atoms with Crippen LogP contribution < -0.4 is 0 Å². The molecular weight excluding hydrogens is 260 g/mol. The van der Waals surface area contributed by atoms with Crippen molar-refractivity contribution < 1.29 is 9.90 Å². The molecule has 1 unspecified atom stereocenters. The van der Waals surface area contributed by atoms with Crippen LogP contribution in [0.15, 0.2) is 85.0 Å². The number of carbonyl (C=O) groups is 1. The lowest BCUT2D eigenvalue weighted by Gasteiger charge is -1.98. The first-order valence-electron chi connectivity index (χ1n) is 6.84. The van der Waals surface area contributed by atoms with Gasteiger partial charge in [0.15, 0.2) is 0 Å². The predicted octanol–water partition coefficient (Wildman–Crippen LogP) is 3.87. The Bertz CT molecular complexity index is 534. The first kappa shape index (κ1) is 16.6. The second kappa shape index (κ2) is 11.4. The fourth-order valence-corrected chi connectivity index (χ4v) is 1.54. The molecule has 1 rings (SSSR count). The smallest absolute Gasteiger partial charge is 0.142 e. The zero-order chi connectivity index (χ0) is 15.2. The van der Waals surface area contributed by atoms with E-state index < -0.39 is 6.10 Å². The maximum absolute atomic E-state index is 10.0. The van der Waals surface area contributed by atoms with Crippen molar-refractivity contribution >= 4 is 12.4 Å². The van der Waals surface area contributed by atoms with Gasteiger partial charge < -0.3 is 5.11 Å². The van der Waals surface area contributed by atoms with Gasteiger partial charge in [-0.2, -0.15) is 0 Å². The summed E-state index contributed by atoms with van der Waals surface area (Å²) in [5.74, 6) is 0. The summed E-state index contributed by atoms with van der Waals surface area (Å²) in [6.45, 7) is 0. The molecule has 1 atom stereocenters. The molecule has 21 heavy (non-hydrogen) atoms. The van der Waals surface area contributed by atoms with Gasteiger partial charge in [0, 0.05) is 0 Å². The van der Waals surface area contributed by atoms with Crippen LogP contribution in [0, 0.1) is 0 Å². The van der Waals surface area contributed by atoms with Crippen molar-refractivity contribution in [3.8, 4) is 0 Å². The fraction of sp³-hybridized carbons (Fsp3) is 0.105. The minimum absolute atomic E-state index is 0.520. The van der Waals surface area contributed by atoms with E-state index in [0.29, 0.717) is 12.7 Å². The van der Waals surface area contributed by atoms with Crippen LogP contribution in [0.3, 0.4) is 0 Å². The molecule has 2 nitrogen and oxygen atoms in total. The largest absolute Gasteiger partial charge is 0.389 e. The highest BCUT2D eigenvalue weighted by atomic mass is 16.3. The Morgan fingerprint density at radius 3 is 2.38 bits per heavy atom. The molecule has 1 aromatic carbocycles. The third-order valence-corrected chi connectivity index (χ3v) is 2.57. The van der Waals surface area contributed by atoms with Gasteiger partial charge in [-0.25, -0.2) is 0 Å². The maximum Gasteiger partial charge on any atom is 0.142 e. The molecule has 0 saturated heterocycles. The van der Waals surface area contributed by atoms with Gasteiger partial charge in [0.05, 0.1) is 6.10 Å². The summed E-state index contributed by atoms with van der Waals surface area (Å²) >= 11 is 0. The maximum atomic E-state index is 10.0. The molecule has 1 N–H and O–H groups in total. The standard InChI is InChI=1S/C19H20O2/c20-17-11-4-3-10-16-19(21)15-9-2-1-6-12-18-13-7-5-8-14-18/h1-15,17,19,21H,16H2/b2-1+,10-3-,11-4+,12-6+,15-9+. The van der Waals surface area contributed by atoms with E-state index in [1.165, 1.54) is 6.08 Å². The van der Waals surface area contributed by atoms with E-state index >= 15 is 0 Å². The van der Waals surface area contributed by atoms with Crippen molar-refractivity contribution in [3.05, 3.63) is 90.6 Å². The van der Waals surface area contributed by atoms with Gasteiger partial charge in [-0.15, -0.1) is 0 Å². The Morgan fingerprint density at radius 1 is 0.905 bits per heavy atom. The number of benzene rings is 1. The van der Waals surface area contributed by atoms with Crippen molar-refractivity contribution in [1.82, 2.24) is 0 Å². The molecule has 0 spiro atoms. The van der Waals surface area contributed by atoms with Crippen molar-refractivity contribution in [1.29, 1.82) is 0 Å². The van der Waals surface area contributed by atoms with Crippen LogP contribution in [0.1, 0.15) is 12.0 Å². The van der Waals surface area contributed by atoms with E-state index in [9.17, 15) is 9.90 Å². The van der Waals surface area contributed by atoms with E-state index in [-0.39, 0.29) is 0 Å². The van der Waals surface area contributed by atoms with E-state index in [4.69, 9.17) is 0 Å². The Kier molecular flexibility index (Phi) is 9.00. The van der Waals surface area contributed by atoms with Crippen LogP contribution >= 0.6 is 0 Å². The molecule has 0 radical (unpaired) electrons. The van der Waals surface area contributed by atoms with E-state index in [0.717, 1.165) is 5.56 Å². The SMILES string of the molecule is O=C/C=C/C=C\CC(O)/C=C/C=C/C=C/c1ccccc1. The number of allylic oxidation sites excluding steroid dienone is 7. The van der Waals surface area contributed by atoms with Crippen molar-refractivity contribution in [3.63, 3.8) is 0 Å². The highest BCUT2D eigenvalue weighted by Gasteiger charge is 1.92. The van der Waals surface area contributed by atoms with Crippen LogP contribution in [0.2, 0.25) is 0 Å². The van der Waals surface area contributed by atoms with Gasteiger partial charge in [0.1, 0.15) is 6.29 Å². The molecular formula is C19H20O2. The predicted molar refractivity (Wildman–Crippen MR) is 88.7 cm³/mol. The van der Waals surface area contributed by atoms with Gasteiger partial charge in [0.25, 0.3) is 0 Å². The third kappa shape index (κ3) is 9.14. The Hall–Kier alpha value is -2.45. The summed E-state index contributed by atoms with van der Waals surface area (Å²) in [6, 6.07) is 10.1. The van der Waals surface area contributed by atoms with E-state index in [2.05, 4.69) is 0 Å². The zero-order valence-electron chi connectivity index (χ0n) is 11.9. The van der Waals surface area contributed by atoms with Crippen LogP contribution in [0.4, 0.5) is 0 Å². The lowest BCUT2D eigenvalue weighted by Crippen LogP contribution is -1.98. The number of aldehydes is 1. The van der Waals surface area contributed by atoms with Crippen molar-refractivity contribution in [2.75, 3.05) is 0 Å². The minimum Gasteiger partial charge on any atom is -0.389 e. The number of aliphatic hydroxyl groups excluding tert-OH is 1. The topological polar surface area (TPSA) is 37.3 Å². The van der Waals surface area contributed by atoms with Crippen LogP contribution in [0.25, 0.3) is 6.08 Å². The molecule has 0 aromatic heterocycles. The normalized spacial score (nSPS) is 14.1. The van der Waals surface area contributed by atoms with Crippen LogP contribution in [0.5, 0.6) is 0 Å². The highest BCUT2D eigenvalue weighted by molar-refractivity contribution is 5.65. The Morgan fingerprint density at radius 2 is 1.62 bits per heavy atom. The van der Waals surface area contributed by atoms with Gasteiger partial charge in [-0.05, 0) is 18.1 Å². The summed E-state index contributed by atoms with van der Waals surface area (Å²) in [7, 11) is 0. The van der Waals surface area contributed by atoms with E-state index in [1.54, 1.807) is 18.2 Å². The highest BCUT2D eigenvalue weighted by Crippen LogP contribution is 2.01. The summed E-state index contributed by atoms with van der Waals surface area (Å²) in [4.78, 5) is 10.0. The lowest BCUT2D eigenvalue weighted by atomic mass is 10.2. The number of aliphatic hydroxyl groups is 1. The summed E-state index contributed by atoms with van der Waals surface area (Å²) in [5, 5.41) is 9.66. The number of hydrogen-bond donors (Lipinski definition) is 1. The quantitative estimate of drug-likeness (QED) is 0.446. The third-order valence-electron chi connectivity index (χ3n) is 2.57. The van der Waals surface area contributed by atoms with Gasteiger partial charge in [0.2, 0.25) is 0 Å².